The summed E-state index contributed by atoms with van der Waals surface area (Å²) in [5, 5.41) is 28.4. The maximum atomic E-state index is 12.6. The van der Waals surface area contributed by atoms with Crippen LogP contribution in [-0.4, -0.2) is 76.9 Å². The molecule has 0 aromatic carbocycles. The van der Waals surface area contributed by atoms with Crippen molar-refractivity contribution >= 4 is 19.8 Å². The fraction of sp³-hybridized carbons (Fsp3) is 0.609. The Kier molecular flexibility index (Phi) is 38.4. The van der Waals surface area contributed by atoms with Gasteiger partial charge in [-0.05, 0) is 83.5 Å². The van der Waals surface area contributed by atoms with E-state index < -0.39 is 64.5 Å². The predicted octanol–water partition coefficient (Wildman–Crippen LogP) is 10.2. The molecular weight excluding hydrogens is 759 g/mol. The molecule has 2 unspecified atom stereocenters. The lowest BCUT2D eigenvalue weighted by atomic mass is 10.2. The average molecular weight is 835 g/mol. The molecule has 12 heteroatoms. The summed E-state index contributed by atoms with van der Waals surface area (Å²) >= 11 is 0. The van der Waals surface area contributed by atoms with Crippen molar-refractivity contribution in [2.24, 2.45) is 0 Å². The Balaban J connectivity index is 4.61. The van der Waals surface area contributed by atoms with E-state index in [0.29, 0.717) is 32.1 Å². The highest BCUT2D eigenvalue weighted by molar-refractivity contribution is 7.47. The maximum absolute atomic E-state index is 12.6. The summed E-state index contributed by atoms with van der Waals surface area (Å²) in [6.07, 6.45) is 45.5. The van der Waals surface area contributed by atoms with Crippen molar-refractivity contribution in [3.05, 3.63) is 97.2 Å². The van der Waals surface area contributed by atoms with Crippen molar-refractivity contribution in [1.29, 1.82) is 0 Å². The highest BCUT2D eigenvalue weighted by atomic mass is 31.2. The van der Waals surface area contributed by atoms with Gasteiger partial charge in [-0.2, -0.15) is 0 Å². The Labute approximate surface area is 349 Å². The van der Waals surface area contributed by atoms with Gasteiger partial charge >= 0.3 is 19.8 Å². The Morgan fingerprint density at radius 3 is 1.62 bits per heavy atom. The number of carbonyl (C=O) groups is 2. The minimum absolute atomic E-state index is 0.0318. The fourth-order valence-corrected chi connectivity index (χ4v) is 5.73. The molecule has 0 amide bonds. The van der Waals surface area contributed by atoms with Crippen LogP contribution in [-0.2, 0) is 32.7 Å². The fourth-order valence-electron chi connectivity index (χ4n) is 4.94. The van der Waals surface area contributed by atoms with Gasteiger partial charge in [-0.15, -0.1) is 0 Å². The van der Waals surface area contributed by atoms with E-state index in [-0.39, 0.29) is 12.8 Å². The zero-order valence-corrected chi connectivity index (χ0v) is 36.2. The van der Waals surface area contributed by atoms with Crippen LogP contribution in [0, 0.1) is 0 Å². The van der Waals surface area contributed by atoms with Gasteiger partial charge in [0.15, 0.2) is 6.10 Å². The summed E-state index contributed by atoms with van der Waals surface area (Å²) in [5.74, 6) is -1.13. The number of aliphatic hydroxyl groups is 3. The molecule has 0 saturated heterocycles. The third kappa shape index (κ3) is 39.7. The smallest absolute Gasteiger partial charge is 0.462 e. The summed E-state index contributed by atoms with van der Waals surface area (Å²) in [6.45, 7) is 2.06. The summed E-state index contributed by atoms with van der Waals surface area (Å²) in [7, 11) is -4.67. The first-order valence-corrected chi connectivity index (χ1v) is 22.8. The average Bonchev–Trinajstić information content (AvgIpc) is 3.21. The van der Waals surface area contributed by atoms with Crippen molar-refractivity contribution in [3.8, 4) is 0 Å². The number of aliphatic hydroxyl groups excluding tert-OH is 3. The van der Waals surface area contributed by atoms with Gasteiger partial charge in [-0.1, -0.05) is 137 Å². The quantitative estimate of drug-likeness (QED) is 0.0154. The molecule has 0 aromatic rings. The zero-order chi connectivity index (χ0) is 42.8. The Morgan fingerprint density at radius 2 is 1.07 bits per heavy atom. The first-order chi connectivity index (χ1) is 28.1. The Hall–Kier alpha value is -3.15. The van der Waals surface area contributed by atoms with Crippen molar-refractivity contribution in [2.45, 2.75) is 154 Å². The Bertz CT molecular complexity index is 1300. The molecule has 0 heterocycles. The number of hydrogen-bond acceptors (Lipinski definition) is 10. The molecule has 0 aliphatic carbocycles. The monoisotopic (exact) mass is 835 g/mol. The number of phosphoric ester groups is 1. The van der Waals surface area contributed by atoms with Crippen molar-refractivity contribution in [2.75, 3.05) is 26.4 Å². The maximum Gasteiger partial charge on any atom is 0.472 e. The second-order valence-electron chi connectivity index (χ2n) is 13.9. The number of ether oxygens (including phenoxy) is 2. The van der Waals surface area contributed by atoms with Crippen molar-refractivity contribution < 1.29 is 52.9 Å². The van der Waals surface area contributed by atoms with Gasteiger partial charge in [-0.3, -0.25) is 18.6 Å². The van der Waals surface area contributed by atoms with E-state index in [1.165, 1.54) is 38.5 Å². The molecule has 0 bridgehead atoms. The molecule has 4 N–H and O–H groups in total. The number of esters is 2. The van der Waals surface area contributed by atoms with Gasteiger partial charge in [0.2, 0.25) is 0 Å². The molecule has 58 heavy (non-hydrogen) atoms. The normalized spacial score (nSPS) is 15.3. The van der Waals surface area contributed by atoms with Crippen LogP contribution in [0.25, 0.3) is 0 Å². The van der Waals surface area contributed by atoms with E-state index in [1.807, 2.05) is 30.4 Å². The molecule has 11 nitrogen and oxygen atoms in total. The Morgan fingerprint density at radius 1 is 0.586 bits per heavy atom. The number of carbonyl (C=O) groups excluding carboxylic acids is 2. The van der Waals surface area contributed by atoms with E-state index in [4.69, 9.17) is 19.1 Å². The summed E-state index contributed by atoms with van der Waals surface area (Å²) < 4.78 is 32.5. The van der Waals surface area contributed by atoms with Crippen LogP contribution in [0.15, 0.2) is 97.2 Å². The minimum atomic E-state index is -4.67. The van der Waals surface area contributed by atoms with Gasteiger partial charge in [0, 0.05) is 12.8 Å². The molecule has 0 aliphatic rings. The molecule has 0 aromatic heterocycles. The molecular formula is C46H75O11P. The molecule has 0 radical (unpaired) electrons. The summed E-state index contributed by atoms with van der Waals surface area (Å²) in [5.41, 5.74) is 0. The number of phosphoric acid groups is 1. The van der Waals surface area contributed by atoms with E-state index in [9.17, 15) is 29.3 Å². The first-order valence-electron chi connectivity index (χ1n) is 21.3. The molecule has 330 valence electrons. The highest BCUT2D eigenvalue weighted by Crippen LogP contribution is 2.43. The van der Waals surface area contributed by atoms with Gasteiger partial charge in [0.05, 0.1) is 25.9 Å². The van der Waals surface area contributed by atoms with Crippen LogP contribution in [0.5, 0.6) is 0 Å². The molecule has 0 aliphatic heterocycles. The van der Waals surface area contributed by atoms with Gasteiger partial charge in [-0.25, -0.2) is 4.57 Å². The SMILES string of the molecule is CCCCC/C=C\C/C=C\C/C=C\C/C=C\CCCC(=O)OC[C@H](COP(=O)(O)OC[C@@H](O)CO)OC(=O)CCC/C=C/C=C\C(O)C/C=C\C/C=C\CCCCC. The standard InChI is InChI=1S/C46H75O11P/c1-3-5-7-9-11-13-14-15-16-17-18-19-20-22-24-28-32-36-45(50)54-40-44(41-56-58(52,53)55-39-43(49)38-47)57-46(51)37-33-29-25-27-31-35-42(48)34-30-26-23-21-12-10-8-6-4-2/h11-13,15-16,18-19,21-22,24-27,30-31,35,42-44,47-49H,3-10,14,17,20,23,28-29,32-34,36-41H2,1-2H3,(H,52,53)/b13-11-,16-15-,19-18-,21-12-,24-22-,27-25+,30-26-,35-31-/t42?,43-,44+/m0/s1. The topological polar surface area (TPSA) is 169 Å². The van der Waals surface area contributed by atoms with E-state index in [2.05, 4.69) is 67.0 Å². The lowest BCUT2D eigenvalue weighted by Crippen LogP contribution is -2.29. The van der Waals surface area contributed by atoms with Gasteiger partial charge in [0.1, 0.15) is 12.7 Å². The third-order valence-electron chi connectivity index (χ3n) is 8.29. The molecule has 0 spiro atoms. The molecule has 0 rings (SSSR count). The number of hydrogen-bond donors (Lipinski definition) is 4. The predicted molar refractivity (Wildman–Crippen MR) is 234 cm³/mol. The van der Waals surface area contributed by atoms with Crippen LogP contribution in [0.2, 0.25) is 0 Å². The van der Waals surface area contributed by atoms with E-state index in [1.54, 1.807) is 18.2 Å². The third-order valence-corrected chi connectivity index (χ3v) is 9.24. The lowest BCUT2D eigenvalue weighted by molar-refractivity contribution is -0.161. The van der Waals surface area contributed by atoms with E-state index in [0.717, 1.165) is 38.5 Å². The van der Waals surface area contributed by atoms with Gasteiger partial charge in [0.25, 0.3) is 0 Å². The second kappa shape index (κ2) is 40.6. The second-order valence-corrected chi connectivity index (χ2v) is 15.3. The van der Waals surface area contributed by atoms with Crippen LogP contribution in [0.4, 0.5) is 0 Å². The number of rotatable bonds is 38. The van der Waals surface area contributed by atoms with Crippen LogP contribution in [0.3, 0.4) is 0 Å². The number of unbranched alkanes of at least 4 members (excludes halogenated alkanes) is 8. The van der Waals surface area contributed by atoms with Crippen LogP contribution in [0.1, 0.15) is 136 Å². The first kappa shape index (κ1) is 54.9. The molecule has 0 fully saturated rings. The van der Waals surface area contributed by atoms with Gasteiger partial charge < -0.3 is 29.7 Å². The zero-order valence-electron chi connectivity index (χ0n) is 35.3. The largest absolute Gasteiger partial charge is 0.472 e. The number of allylic oxidation sites excluding steroid dienone is 14. The lowest BCUT2D eigenvalue weighted by Gasteiger charge is -2.20. The van der Waals surface area contributed by atoms with Crippen LogP contribution < -0.4 is 0 Å². The van der Waals surface area contributed by atoms with E-state index >= 15 is 0 Å². The molecule has 4 atom stereocenters. The highest BCUT2D eigenvalue weighted by Gasteiger charge is 2.27. The summed E-state index contributed by atoms with van der Waals surface area (Å²) in [6, 6.07) is 0. The molecule has 0 saturated carbocycles. The summed E-state index contributed by atoms with van der Waals surface area (Å²) in [4.78, 5) is 34.9. The van der Waals surface area contributed by atoms with Crippen molar-refractivity contribution in [3.63, 3.8) is 0 Å². The minimum Gasteiger partial charge on any atom is -0.462 e. The van der Waals surface area contributed by atoms with Crippen molar-refractivity contribution in [1.82, 2.24) is 0 Å². The van der Waals surface area contributed by atoms with Crippen LogP contribution >= 0.6 is 7.82 Å².